The van der Waals surface area contributed by atoms with Crippen LogP contribution in [0.4, 0.5) is 15.8 Å². The highest BCUT2D eigenvalue weighted by atomic mass is 19.1. The molecule has 0 saturated heterocycles. The van der Waals surface area contributed by atoms with E-state index in [4.69, 9.17) is 4.74 Å². The van der Waals surface area contributed by atoms with Gasteiger partial charge in [0.2, 0.25) is 12.5 Å². The van der Waals surface area contributed by atoms with Gasteiger partial charge in [-0.15, -0.1) is 0 Å². The lowest BCUT2D eigenvalue weighted by atomic mass is 9.53. The summed E-state index contributed by atoms with van der Waals surface area (Å²) >= 11 is 0. The topological polar surface area (TPSA) is 76.5 Å². The molecule has 4 aliphatic carbocycles. The minimum Gasteiger partial charge on any atom is -0.456 e. The van der Waals surface area contributed by atoms with Crippen LogP contribution < -0.4 is 20.6 Å². The Labute approximate surface area is 194 Å². The molecule has 0 spiro atoms. The summed E-state index contributed by atoms with van der Waals surface area (Å²) in [4.78, 5) is 12.7. The van der Waals surface area contributed by atoms with Gasteiger partial charge >= 0.3 is 12.3 Å². The number of esters is 1. The second-order valence-corrected chi connectivity index (χ2v) is 11.3. The summed E-state index contributed by atoms with van der Waals surface area (Å²) in [7, 11) is 0. The van der Waals surface area contributed by atoms with Crippen LogP contribution in [-0.4, -0.2) is 36.0 Å². The number of nitrogens with one attached hydrogen (secondary N) is 3. The van der Waals surface area contributed by atoms with Crippen LogP contribution in [0.15, 0.2) is 30.0 Å². The Bertz CT molecular complexity index is 1000. The molecule has 1 unspecified atom stereocenters. The molecule has 4 saturated carbocycles. The fraction of sp³-hybridized carbons (Fsp3) is 0.577. The molecule has 6 nitrogen and oxygen atoms in total. The van der Waals surface area contributed by atoms with Gasteiger partial charge in [-0.05, 0) is 95.2 Å². The van der Waals surface area contributed by atoms with E-state index >= 15 is 4.39 Å². The van der Waals surface area contributed by atoms with E-state index in [0.717, 1.165) is 23.4 Å². The Morgan fingerprint density at radius 1 is 1.15 bits per heavy atom. The highest BCUT2D eigenvalue weighted by Crippen LogP contribution is 2.57. The van der Waals surface area contributed by atoms with E-state index in [-0.39, 0.29) is 5.54 Å². The standard InChI is InChI=1S/C26H33FN4O2/c1-25(2,3)33-24(32)19-4-5-21(22(9-19)30-23(27)20-13-28-15-29-14-20)31-26-10-16-6-17(11-26)8-18(7-16)12-26/h4-5,9,13-18,23,30H,6-8,10-12H2,1-3H3,(H,31,32)/p+1. The van der Waals surface area contributed by atoms with Gasteiger partial charge in [-0.3, -0.25) is 0 Å². The lowest BCUT2D eigenvalue weighted by Gasteiger charge is -2.57. The predicted octanol–water partition coefficient (Wildman–Crippen LogP) is 4.38. The number of anilines is 2. The lowest BCUT2D eigenvalue weighted by molar-refractivity contribution is 0.00695. The number of rotatable bonds is 6. The van der Waals surface area contributed by atoms with Crippen LogP contribution in [0.5, 0.6) is 0 Å². The summed E-state index contributed by atoms with van der Waals surface area (Å²) in [5, 5.41) is 9.61. The fourth-order valence-corrected chi connectivity index (χ4v) is 6.48. The summed E-state index contributed by atoms with van der Waals surface area (Å²) in [5.41, 5.74) is 1.64. The molecule has 0 amide bonds. The van der Waals surface area contributed by atoms with Crippen molar-refractivity contribution in [2.45, 2.75) is 76.7 Å². The van der Waals surface area contributed by atoms with Crippen molar-refractivity contribution in [3.63, 3.8) is 0 Å². The van der Waals surface area contributed by atoms with Gasteiger partial charge in [-0.2, -0.15) is 0 Å². The van der Waals surface area contributed by atoms with Gasteiger partial charge in [-0.25, -0.2) is 19.2 Å². The van der Waals surface area contributed by atoms with Crippen molar-refractivity contribution in [1.29, 1.82) is 0 Å². The van der Waals surface area contributed by atoms with E-state index < -0.39 is 17.9 Å². The summed E-state index contributed by atoms with van der Waals surface area (Å²) in [6.45, 7) is 5.51. The molecule has 1 heterocycles. The zero-order chi connectivity index (χ0) is 23.2. The molecule has 1 aromatic rings. The Morgan fingerprint density at radius 2 is 1.82 bits per heavy atom. The van der Waals surface area contributed by atoms with Crippen molar-refractivity contribution < 1.29 is 13.9 Å². The van der Waals surface area contributed by atoms with Crippen molar-refractivity contribution in [2.75, 3.05) is 10.6 Å². The molecule has 4 bridgehead atoms. The van der Waals surface area contributed by atoms with Crippen molar-refractivity contribution in [3.8, 4) is 0 Å². The SMILES string of the molecule is CC(C)(C)OC(=O)c1ccc(NC23CC4CC(CC(C4)C2)C3)c(NC(F)C2=CNC=[N+]=C2)c1. The molecule has 4 fully saturated rings. The molecule has 1 aliphatic heterocycles. The Kier molecular flexibility index (Phi) is 5.48. The molecule has 0 radical (unpaired) electrons. The molecular weight excluding hydrogens is 419 g/mol. The normalized spacial score (nSPS) is 30.4. The number of alkyl halides is 1. The highest BCUT2D eigenvalue weighted by molar-refractivity contribution is 5.93. The van der Waals surface area contributed by atoms with Crippen LogP contribution in [0.1, 0.15) is 69.7 Å². The molecule has 1 aromatic carbocycles. The number of ether oxygens (including phenoxy) is 1. The van der Waals surface area contributed by atoms with Crippen LogP contribution >= 0.6 is 0 Å². The van der Waals surface area contributed by atoms with E-state index in [9.17, 15) is 4.79 Å². The molecular formula is C26H34FN4O2+. The van der Waals surface area contributed by atoms with Gasteiger partial charge in [0, 0.05) is 5.54 Å². The van der Waals surface area contributed by atoms with E-state index in [1.165, 1.54) is 51.1 Å². The van der Waals surface area contributed by atoms with Gasteiger partial charge in [0.05, 0.1) is 16.9 Å². The monoisotopic (exact) mass is 453 g/mol. The number of hydrogen-bond acceptors (Lipinski definition) is 5. The minimum atomic E-state index is -1.47. The maximum Gasteiger partial charge on any atom is 0.338 e. The Balaban J connectivity index is 1.43. The Hall–Kier alpha value is -2.79. The van der Waals surface area contributed by atoms with Crippen molar-refractivity contribution >= 4 is 29.9 Å². The van der Waals surface area contributed by atoms with Crippen LogP contribution in [-0.2, 0) is 4.74 Å². The van der Waals surface area contributed by atoms with Gasteiger partial charge in [0.15, 0.2) is 0 Å². The van der Waals surface area contributed by atoms with Crippen LogP contribution in [0.25, 0.3) is 0 Å². The zero-order valence-electron chi connectivity index (χ0n) is 19.7. The van der Waals surface area contributed by atoms with Crippen LogP contribution in [0, 0.1) is 17.8 Å². The first-order chi connectivity index (χ1) is 15.7. The third-order valence-electron chi connectivity index (χ3n) is 7.29. The number of halogens is 1. The molecule has 7 heteroatoms. The third kappa shape index (κ3) is 4.79. The summed E-state index contributed by atoms with van der Waals surface area (Å²) < 4.78 is 24.7. The second-order valence-electron chi connectivity index (χ2n) is 11.3. The number of carbonyl (C=O) groups excluding carboxylic acids is 1. The molecule has 5 aliphatic rings. The highest BCUT2D eigenvalue weighted by Gasteiger charge is 2.51. The average Bonchev–Trinajstić information content (AvgIpc) is 2.73. The number of benzene rings is 1. The first kappa shape index (κ1) is 22.0. The van der Waals surface area contributed by atoms with Gasteiger partial charge < -0.3 is 15.4 Å². The smallest absolute Gasteiger partial charge is 0.338 e. The fourth-order valence-electron chi connectivity index (χ4n) is 6.48. The van der Waals surface area contributed by atoms with Crippen LogP contribution in [0.3, 0.4) is 0 Å². The first-order valence-corrected chi connectivity index (χ1v) is 12.1. The Morgan fingerprint density at radius 3 is 2.39 bits per heavy atom. The second kappa shape index (κ2) is 8.21. The third-order valence-corrected chi connectivity index (χ3v) is 7.29. The summed E-state index contributed by atoms with van der Waals surface area (Å²) in [6.07, 6.45) is 10.7. The van der Waals surface area contributed by atoms with Gasteiger partial charge in [0.1, 0.15) is 17.4 Å². The van der Waals surface area contributed by atoms with Crippen molar-refractivity contribution in [1.82, 2.24) is 9.98 Å². The molecule has 3 N–H and O–H groups in total. The molecule has 33 heavy (non-hydrogen) atoms. The van der Waals surface area contributed by atoms with Crippen molar-refractivity contribution in [2.24, 2.45) is 17.8 Å². The van der Waals surface area contributed by atoms with Gasteiger partial charge in [0.25, 0.3) is 0 Å². The number of nitrogens with zero attached hydrogens (tertiary/aromatic N) is 1. The van der Waals surface area contributed by atoms with E-state index in [0.29, 0.717) is 16.8 Å². The van der Waals surface area contributed by atoms with E-state index in [2.05, 4.69) is 20.6 Å². The molecule has 6 rings (SSSR count). The average molecular weight is 454 g/mol. The van der Waals surface area contributed by atoms with E-state index in [1.54, 1.807) is 18.3 Å². The van der Waals surface area contributed by atoms with Crippen molar-refractivity contribution in [3.05, 3.63) is 35.5 Å². The molecule has 0 aromatic heterocycles. The summed E-state index contributed by atoms with van der Waals surface area (Å²) in [5.74, 6) is 1.96. The lowest BCUT2D eigenvalue weighted by Crippen LogP contribution is -2.54. The number of carbonyl (C=O) groups is 1. The molecule has 176 valence electrons. The maximum absolute atomic E-state index is 15.2. The van der Waals surface area contributed by atoms with Gasteiger partial charge in [-0.1, -0.05) is 0 Å². The quantitative estimate of drug-likeness (QED) is 0.339. The van der Waals surface area contributed by atoms with Crippen LogP contribution in [0.2, 0.25) is 0 Å². The number of hydrogen-bond donors (Lipinski definition) is 3. The minimum absolute atomic E-state index is 0.0620. The maximum atomic E-state index is 15.2. The largest absolute Gasteiger partial charge is 0.456 e. The van der Waals surface area contributed by atoms with E-state index in [1.807, 2.05) is 26.8 Å². The molecule has 1 atom stereocenters. The first-order valence-electron chi connectivity index (χ1n) is 12.1. The predicted molar refractivity (Wildman–Crippen MR) is 130 cm³/mol. The summed E-state index contributed by atoms with van der Waals surface area (Å²) in [6, 6.07) is 5.36. The zero-order valence-corrected chi connectivity index (χ0v) is 19.7.